The Morgan fingerprint density at radius 1 is 1.03 bits per heavy atom. The van der Waals surface area contributed by atoms with Crippen molar-refractivity contribution < 1.29 is 18.0 Å². The van der Waals surface area contributed by atoms with Crippen LogP contribution in [0.25, 0.3) is 0 Å². The maximum absolute atomic E-state index is 13.2. The number of carbonyl (C=O) groups excluding carboxylic acids is 1. The van der Waals surface area contributed by atoms with Crippen molar-refractivity contribution in [1.29, 1.82) is 0 Å². The number of hydrogen-bond donors (Lipinski definition) is 1. The lowest BCUT2D eigenvalue weighted by Crippen LogP contribution is -2.20. The second-order valence-electron chi connectivity index (χ2n) is 7.34. The van der Waals surface area contributed by atoms with Gasteiger partial charge in [0.2, 0.25) is 5.91 Å². The van der Waals surface area contributed by atoms with Crippen molar-refractivity contribution in [3.8, 4) is 0 Å². The predicted octanol–water partition coefficient (Wildman–Crippen LogP) is 5.50. The molecule has 2 heterocycles. The van der Waals surface area contributed by atoms with Crippen LogP contribution in [0.5, 0.6) is 0 Å². The number of aryl methyl sites for hydroxylation is 1. The molecular formula is C22H21F3N4OS. The Bertz CT molecular complexity index is 1050. The van der Waals surface area contributed by atoms with Gasteiger partial charge in [-0.15, -0.1) is 10.2 Å². The minimum atomic E-state index is -4.48. The average Bonchev–Trinajstić information content (AvgIpc) is 2.97. The summed E-state index contributed by atoms with van der Waals surface area (Å²) in [5.74, 6) is 0.492. The van der Waals surface area contributed by atoms with Gasteiger partial charge in [-0.05, 0) is 36.6 Å². The standard InChI is InChI=1S/C22H21F3N4OS/c23-22(24,25)16-10-7-11-17(14-16)26-20(30)19(15-8-3-1-4-9-15)31-21-28-27-18-12-5-2-6-13-29(18)21/h1,3-4,7-11,14,19H,2,5-6,12-13H2,(H,26,30)/t19-/m0/s1. The van der Waals surface area contributed by atoms with Crippen molar-refractivity contribution in [2.75, 3.05) is 5.32 Å². The van der Waals surface area contributed by atoms with Gasteiger partial charge in [-0.25, -0.2) is 0 Å². The fraction of sp³-hybridized carbons (Fsp3) is 0.318. The van der Waals surface area contributed by atoms with Gasteiger partial charge in [0.25, 0.3) is 0 Å². The molecule has 31 heavy (non-hydrogen) atoms. The largest absolute Gasteiger partial charge is 0.416 e. The van der Waals surface area contributed by atoms with E-state index in [1.807, 2.05) is 34.9 Å². The first-order chi connectivity index (χ1) is 14.9. The van der Waals surface area contributed by atoms with Crippen LogP contribution in [0.15, 0.2) is 59.8 Å². The first kappa shape index (κ1) is 21.4. The van der Waals surface area contributed by atoms with E-state index < -0.39 is 22.9 Å². The second kappa shape index (κ2) is 9.13. The van der Waals surface area contributed by atoms with E-state index in [9.17, 15) is 18.0 Å². The molecule has 2 aromatic carbocycles. The van der Waals surface area contributed by atoms with Gasteiger partial charge in [-0.3, -0.25) is 4.79 Å². The molecule has 1 aromatic heterocycles. The van der Waals surface area contributed by atoms with E-state index in [-0.39, 0.29) is 5.69 Å². The highest BCUT2D eigenvalue weighted by atomic mass is 32.2. The molecule has 1 N–H and O–H groups in total. The number of nitrogens with one attached hydrogen (secondary N) is 1. The van der Waals surface area contributed by atoms with E-state index in [0.29, 0.717) is 5.16 Å². The molecule has 0 aliphatic carbocycles. The SMILES string of the molecule is O=C(Nc1cccc(C(F)(F)F)c1)[C@@H](Sc1nnc2n1CCCCC2)c1ccccc1. The van der Waals surface area contributed by atoms with E-state index in [0.717, 1.165) is 55.7 Å². The zero-order valence-electron chi connectivity index (χ0n) is 16.6. The Labute approximate surface area is 182 Å². The van der Waals surface area contributed by atoms with E-state index in [1.165, 1.54) is 23.9 Å². The van der Waals surface area contributed by atoms with Gasteiger partial charge < -0.3 is 9.88 Å². The van der Waals surface area contributed by atoms with Gasteiger partial charge in [0.05, 0.1) is 5.56 Å². The van der Waals surface area contributed by atoms with E-state index in [4.69, 9.17) is 0 Å². The third-order valence-electron chi connectivity index (χ3n) is 5.10. The average molecular weight is 446 g/mol. The van der Waals surface area contributed by atoms with Crippen molar-refractivity contribution in [3.63, 3.8) is 0 Å². The van der Waals surface area contributed by atoms with Gasteiger partial charge >= 0.3 is 6.18 Å². The molecule has 0 saturated heterocycles. The molecule has 162 valence electrons. The van der Waals surface area contributed by atoms with Crippen molar-refractivity contribution in [2.45, 2.75) is 48.8 Å². The normalized spacial score (nSPS) is 15.1. The second-order valence-corrected chi connectivity index (χ2v) is 8.41. The maximum Gasteiger partial charge on any atom is 0.416 e. The molecular weight excluding hydrogens is 425 g/mol. The van der Waals surface area contributed by atoms with E-state index >= 15 is 0 Å². The van der Waals surface area contributed by atoms with Gasteiger partial charge in [-0.1, -0.05) is 54.6 Å². The molecule has 0 spiro atoms. The number of fused-ring (bicyclic) bond motifs is 1. The van der Waals surface area contributed by atoms with Crippen LogP contribution >= 0.6 is 11.8 Å². The van der Waals surface area contributed by atoms with Crippen molar-refractivity contribution in [1.82, 2.24) is 14.8 Å². The van der Waals surface area contributed by atoms with Gasteiger partial charge in [0.1, 0.15) is 11.1 Å². The third kappa shape index (κ3) is 5.10. The van der Waals surface area contributed by atoms with E-state index in [1.54, 1.807) is 0 Å². The van der Waals surface area contributed by atoms with Crippen LogP contribution in [0.2, 0.25) is 0 Å². The fourth-order valence-electron chi connectivity index (χ4n) is 3.53. The summed E-state index contributed by atoms with van der Waals surface area (Å²) in [6.07, 6.45) is -0.439. The minimum absolute atomic E-state index is 0.0985. The Balaban J connectivity index is 1.61. The molecule has 1 amide bonds. The zero-order valence-corrected chi connectivity index (χ0v) is 17.4. The fourth-order valence-corrected chi connectivity index (χ4v) is 4.61. The lowest BCUT2D eigenvalue weighted by atomic mass is 10.1. The number of amides is 1. The third-order valence-corrected chi connectivity index (χ3v) is 6.33. The number of rotatable bonds is 5. The maximum atomic E-state index is 13.2. The van der Waals surface area contributed by atoms with Crippen LogP contribution in [0.1, 0.15) is 41.5 Å². The van der Waals surface area contributed by atoms with Gasteiger partial charge in [-0.2, -0.15) is 13.2 Å². The van der Waals surface area contributed by atoms with Crippen LogP contribution < -0.4 is 5.32 Å². The highest BCUT2D eigenvalue weighted by Crippen LogP contribution is 2.37. The van der Waals surface area contributed by atoms with Crippen LogP contribution in [0, 0.1) is 0 Å². The van der Waals surface area contributed by atoms with Gasteiger partial charge in [0.15, 0.2) is 5.16 Å². The molecule has 1 aliphatic heterocycles. The number of carbonyl (C=O) groups is 1. The molecule has 0 unspecified atom stereocenters. The highest BCUT2D eigenvalue weighted by molar-refractivity contribution is 8.00. The molecule has 0 fully saturated rings. The van der Waals surface area contributed by atoms with E-state index in [2.05, 4.69) is 15.5 Å². The first-order valence-electron chi connectivity index (χ1n) is 10.0. The summed E-state index contributed by atoms with van der Waals surface area (Å²) >= 11 is 1.26. The molecule has 4 rings (SSSR count). The summed E-state index contributed by atoms with van der Waals surface area (Å²) in [5.41, 5.74) is 0.0290. The van der Waals surface area contributed by atoms with Crippen LogP contribution in [-0.2, 0) is 23.9 Å². The summed E-state index contributed by atoms with van der Waals surface area (Å²) in [6, 6.07) is 13.8. The van der Waals surface area contributed by atoms with Crippen LogP contribution in [0.4, 0.5) is 18.9 Å². The molecule has 3 aromatic rings. The summed E-state index contributed by atoms with van der Waals surface area (Å²) in [6.45, 7) is 0.793. The highest BCUT2D eigenvalue weighted by Gasteiger charge is 2.31. The van der Waals surface area contributed by atoms with Crippen molar-refractivity contribution in [3.05, 3.63) is 71.5 Å². The molecule has 1 atom stereocenters. The number of benzene rings is 2. The molecule has 9 heteroatoms. The van der Waals surface area contributed by atoms with Crippen LogP contribution in [-0.4, -0.2) is 20.7 Å². The molecule has 0 radical (unpaired) electrons. The number of thioether (sulfide) groups is 1. The molecule has 5 nitrogen and oxygen atoms in total. The topological polar surface area (TPSA) is 59.8 Å². The summed E-state index contributed by atoms with van der Waals surface area (Å²) in [4.78, 5) is 13.2. The summed E-state index contributed by atoms with van der Waals surface area (Å²) < 4.78 is 41.2. The lowest BCUT2D eigenvalue weighted by molar-refractivity contribution is -0.137. The number of aromatic nitrogens is 3. The van der Waals surface area contributed by atoms with Gasteiger partial charge in [0, 0.05) is 18.7 Å². The van der Waals surface area contributed by atoms with Crippen molar-refractivity contribution in [2.24, 2.45) is 0 Å². The number of alkyl halides is 3. The quantitative estimate of drug-likeness (QED) is 0.526. The smallest absolute Gasteiger partial charge is 0.325 e. The lowest BCUT2D eigenvalue weighted by Gasteiger charge is -2.18. The van der Waals surface area contributed by atoms with Crippen LogP contribution in [0.3, 0.4) is 0 Å². The Morgan fingerprint density at radius 2 is 1.84 bits per heavy atom. The minimum Gasteiger partial charge on any atom is -0.325 e. The number of nitrogens with zero attached hydrogens (tertiary/aromatic N) is 3. The summed E-state index contributed by atoms with van der Waals surface area (Å²) in [7, 11) is 0. The molecule has 0 bridgehead atoms. The number of anilines is 1. The zero-order chi connectivity index (χ0) is 21.8. The summed E-state index contributed by atoms with van der Waals surface area (Å²) in [5, 5.41) is 11.2. The molecule has 1 aliphatic rings. The van der Waals surface area contributed by atoms with Crippen molar-refractivity contribution >= 4 is 23.4 Å². The Morgan fingerprint density at radius 3 is 2.61 bits per heavy atom. The Kier molecular flexibility index (Phi) is 6.31. The monoisotopic (exact) mass is 446 g/mol. The predicted molar refractivity (Wildman–Crippen MR) is 113 cm³/mol. The Hall–Kier alpha value is -2.81. The molecule has 0 saturated carbocycles. The number of hydrogen-bond acceptors (Lipinski definition) is 4. The number of halogens is 3. The first-order valence-corrected chi connectivity index (χ1v) is 10.9.